The molecule has 1 aromatic rings. The van der Waals surface area contributed by atoms with Gasteiger partial charge in [0.25, 0.3) is 5.56 Å². The quantitative estimate of drug-likeness (QED) is 0.866. The first-order valence-electron chi connectivity index (χ1n) is 7.79. The van der Waals surface area contributed by atoms with Gasteiger partial charge in [-0.1, -0.05) is 13.8 Å². The van der Waals surface area contributed by atoms with Crippen LogP contribution in [0.25, 0.3) is 0 Å². The van der Waals surface area contributed by atoms with Gasteiger partial charge in [0.05, 0.1) is 6.61 Å². The molecule has 0 unspecified atom stereocenters. The largest absolute Gasteiger partial charge is 0.462 e. The summed E-state index contributed by atoms with van der Waals surface area (Å²) < 4.78 is 4.84. The summed E-state index contributed by atoms with van der Waals surface area (Å²) in [4.78, 5) is 30.6. The standard InChI is InChI=1S/C16H24N2O3/c1-4-21-16(20)13-9-17-14(18-15(13)19)12-7-5-11(6-8-12)10(2)3/h9-12H,4-8H2,1-3H3,(H,17,18,19). The second kappa shape index (κ2) is 6.87. The van der Waals surface area contributed by atoms with Crippen molar-refractivity contribution in [3.63, 3.8) is 0 Å². The first-order chi connectivity index (χ1) is 10.0. The average Bonchev–Trinajstić information content (AvgIpc) is 2.47. The van der Waals surface area contributed by atoms with Crippen LogP contribution < -0.4 is 5.56 Å². The molecule has 1 heterocycles. The van der Waals surface area contributed by atoms with Crippen LogP contribution in [0.2, 0.25) is 0 Å². The van der Waals surface area contributed by atoms with Crippen molar-refractivity contribution >= 4 is 5.97 Å². The molecule has 5 heteroatoms. The molecule has 0 atom stereocenters. The number of nitrogens with one attached hydrogen (secondary N) is 1. The first kappa shape index (κ1) is 15.7. The predicted molar refractivity (Wildman–Crippen MR) is 80.4 cm³/mol. The van der Waals surface area contributed by atoms with Crippen molar-refractivity contribution in [2.45, 2.75) is 52.4 Å². The molecule has 0 saturated heterocycles. The highest BCUT2D eigenvalue weighted by molar-refractivity contribution is 5.88. The molecule has 1 fully saturated rings. The third-order valence-corrected chi connectivity index (χ3v) is 4.42. The van der Waals surface area contributed by atoms with E-state index >= 15 is 0 Å². The molecule has 0 spiro atoms. The van der Waals surface area contributed by atoms with Crippen LogP contribution in [-0.2, 0) is 4.74 Å². The van der Waals surface area contributed by atoms with Gasteiger partial charge in [0.1, 0.15) is 11.4 Å². The lowest BCUT2D eigenvalue weighted by molar-refractivity contribution is 0.0523. The van der Waals surface area contributed by atoms with Crippen LogP contribution in [-0.4, -0.2) is 22.5 Å². The molecular formula is C16H24N2O3. The molecule has 1 aliphatic rings. The van der Waals surface area contributed by atoms with Gasteiger partial charge in [0.15, 0.2) is 0 Å². The molecule has 1 aliphatic carbocycles. The number of rotatable bonds is 4. The summed E-state index contributed by atoms with van der Waals surface area (Å²) in [5.41, 5.74) is -0.416. The smallest absolute Gasteiger partial charge is 0.345 e. The summed E-state index contributed by atoms with van der Waals surface area (Å²) in [6.07, 6.45) is 5.78. The topological polar surface area (TPSA) is 72.0 Å². The van der Waals surface area contributed by atoms with Gasteiger partial charge >= 0.3 is 5.97 Å². The van der Waals surface area contributed by atoms with Crippen molar-refractivity contribution in [3.8, 4) is 0 Å². The van der Waals surface area contributed by atoms with Crippen LogP contribution >= 0.6 is 0 Å². The molecule has 5 nitrogen and oxygen atoms in total. The molecule has 0 aromatic carbocycles. The second-order valence-electron chi connectivity index (χ2n) is 6.09. The molecular weight excluding hydrogens is 268 g/mol. The number of aromatic nitrogens is 2. The minimum Gasteiger partial charge on any atom is -0.462 e. The van der Waals surface area contributed by atoms with Crippen LogP contribution in [0, 0.1) is 11.8 Å². The average molecular weight is 292 g/mol. The fourth-order valence-electron chi connectivity index (χ4n) is 3.03. The lowest BCUT2D eigenvalue weighted by Gasteiger charge is -2.30. The second-order valence-corrected chi connectivity index (χ2v) is 6.09. The van der Waals surface area contributed by atoms with Crippen LogP contribution in [0.1, 0.15) is 68.6 Å². The Hall–Kier alpha value is -1.65. The lowest BCUT2D eigenvalue weighted by atomic mass is 9.77. The molecule has 116 valence electrons. The van der Waals surface area contributed by atoms with Crippen LogP contribution in [0.5, 0.6) is 0 Å². The number of esters is 1. The van der Waals surface area contributed by atoms with Crippen LogP contribution in [0.3, 0.4) is 0 Å². The maximum absolute atomic E-state index is 12.0. The van der Waals surface area contributed by atoms with Gasteiger partial charge < -0.3 is 9.72 Å². The van der Waals surface area contributed by atoms with Gasteiger partial charge in [-0.15, -0.1) is 0 Å². The summed E-state index contributed by atoms with van der Waals surface area (Å²) in [7, 11) is 0. The van der Waals surface area contributed by atoms with Gasteiger partial charge in [-0.2, -0.15) is 0 Å². The van der Waals surface area contributed by atoms with Crippen molar-refractivity contribution in [1.29, 1.82) is 0 Å². The number of carbonyl (C=O) groups is 1. The van der Waals surface area contributed by atoms with Gasteiger partial charge in [0, 0.05) is 12.1 Å². The summed E-state index contributed by atoms with van der Waals surface area (Å²) in [5, 5.41) is 0. The summed E-state index contributed by atoms with van der Waals surface area (Å²) >= 11 is 0. The van der Waals surface area contributed by atoms with E-state index in [4.69, 9.17) is 4.74 Å². The fraction of sp³-hybridized carbons (Fsp3) is 0.688. The highest BCUT2D eigenvalue weighted by atomic mass is 16.5. The van der Waals surface area contributed by atoms with E-state index in [9.17, 15) is 9.59 Å². The maximum Gasteiger partial charge on any atom is 0.345 e. The minimum absolute atomic E-state index is 0.0172. The van der Waals surface area contributed by atoms with E-state index in [1.807, 2.05) is 0 Å². The van der Waals surface area contributed by atoms with E-state index in [0.29, 0.717) is 17.7 Å². The highest BCUT2D eigenvalue weighted by Crippen LogP contribution is 2.37. The Balaban J connectivity index is 2.07. The Bertz CT molecular complexity index is 543. The third-order valence-electron chi connectivity index (χ3n) is 4.42. The van der Waals surface area contributed by atoms with Gasteiger partial charge in [0.2, 0.25) is 0 Å². The predicted octanol–water partition coefficient (Wildman–Crippen LogP) is 2.88. The summed E-state index contributed by atoms with van der Waals surface area (Å²) in [6, 6.07) is 0. The van der Waals surface area contributed by atoms with Crippen molar-refractivity contribution in [2.24, 2.45) is 11.8 Å². The number of hydrogen-bond donors (Lipinski definition) is 1. The zero-order valence-corrected chi connectivity index (χ0v) is 13.0. The molecule has 21 heavy (non-hydrogen) atoms. The molecule has 0 radical (unpaired) electrons. The van der Waals surface area contributed by atoms with Crippen molar-refractivity contribution < 1.29 is 9.53 Å². The van der Waals surface area contributed by atoms with Crippen molar-refractivity contribution in [2.75, 3.05) is 6.61 Å². The Labute approximate surface area is 125 Å². The van der Waals surface area contributed by atoms with E-state index < -0.39 is 11.5 Å². The Morgan fingerprint density at radius 2 is 2.05 bits per heavy atom. The monoisotopic (exact) mass is 292 g/mol. The summed E-state index contributed by atoms with van der Waals surface area (Å²) in [6.45, 7) is 6.48. The van der Waals surface area contributed by atoms with Gasteiger partial charge in [-0.25, -0.2) is 9.78 Å². The number of aromatic amines is 1. The first-order valence-corrected chi connectivity index (χ1v) is 7.79. The maximum atomic E-state index is 12.0. The minimum atomic E-state index is -0.610. The molecule has 0 amide bonds. The molecule has 0 aliphatic heterocycles. The Morgan fingerprint density at radius 1 is 1.38 bits per heavy atom. The van der Waals surface area contributed by atoms with Crippen molar-refractivity contribution in [1.82, 2.24) is 9.97 Å². The Morgan fingerprint density at radius 3 is 2.57 bits per heavy atom. The lowest BCUT2D eigenvalue weighted by Crippen LogP contribution is -2.25. The van der Waals surface area contributed by atoms with E-state index in [-0.39, 0.29) is 12.2 Å². The van der Waals surface area contributed by atoms with E-state index in [1.54, 1.807) is 6.92 Å². The zero-order chi connectivity index (χ0) is 15.4. The normalized spacial score (nSPS) is 22.3. The molecule has 0 bridgehead atoms. The van der Waals surface area contributed by atoms with Crippen LogP contribution in [0.15, 0.2) is 11.0 Å². The van der Waals surface area contributed by atoms with E-state index in [1.165, 1.54) is 19.0 Å². The van der Waals surface area contributed by atoms with Gasteiger partial charge in [-0.3, -0.25) is 4.79 Å². The van der Waals surface area contributed by atoms with E-state index in [0.717, 1.165) is 18.8 Å². The third kappa shape index (κ3) is 3.71. The van der Waals surface area contributed by atoms with Crippen LogP contribution in [0.4, 0.5) is 0 Å². The molecule has 1 N–H and O–H groups in total. The van der Waals surface area contributed by atoms with Crippen molar-refractivity contribution in [3.05, 3.63) is 27.9 Å². The molecule has 1 saturated carbocycles. The highest BCUT2D eigenvalue weighted by Gasteiger charge is 2.26. The number of nitrogens with zero attached hydrogens (tertiary/aromatic N) is 1. The number of ether oxygens (including phenoxy) is 1. The molecule has 2 rings (SSSR count). The molecule has 1 aromatic heterocycles. The number of hydrogen-bond acceptors (Lipinski definition) is 4. The number of H-pyrrole nitrogens is 1. The van der Waals surface area contributed by atoms with E-state index in [2.05, 4.69) is 23.8 Å². The number of carbonyl (C=O) groups excluding carboxylic acids is 1. The van der Waals surface area contributed by atoms with Gasteiger partial charge in [-0.05, 0) is 44.4 Å². The summed E-state index contributed by atoms with van der Waals surface area (Å²) in [5.74, 6) is 1.87. The zero-order valence-electron chi connectivity index (χ0n) is 13.0. The Kier molecular flexibility index (Phi) is 5.15. The SMILES string of the molecule is CCOC(=O)c1cnc(C2CCC(C(C)C)CC2)[nH]c1=O. The fourth-order valence-corrected chi connectivity index (χ4v) is 3.03.